The highest BCUT2D eigenvalue weighted by molar-refractivity contribution is 6.30. The lowest BCUT2D eigenvalue weighted by atomic mass is 9.53. The summed E-state index contributed by atoms with van der Waals surface area (Å²) in [7, 11) is 0. The zero-order valence-electron chi connectivity index (χ0n) is 19.4. The van der Waals surface area contributed by atoms with Crippen molar-refractivity contribution in [1.29, 1.82) is 21.2 Å². The maximum Gasteiger partial charge on any atom is 0.243 e. The highest BCUT2D eigenvalue weighted by Gasteiger charge is 2.79. The standard InChI is InChI=1S/C26H31ClN4O2/c1-3-4-5-6-7-8-9-10-11-22-24(16-28,17-29)25(18-30)19(2)26(32-22,33-23(25)31)20-12-14-21(27)15-13-20/h12-15,19,22,31H,3-11H2,1-2H3. The van der Waals surface area contributed by atoms with E-state index in [-0.39, 0.29) is 5.90 Å². The average Bonchev–Trinajstić information content (AvgIpc) is 2.98. The molecule has 7 heteroatoms. The van der Waals surface area contributed by atoms with Gasteiger partial charge in [-0.1, -0.05) is 88.9 Å². The van der Waals surface area contributed by atoms with Gasteiger partial charge in [0.25, 0.3) is 0 Å². The molecular formula is C26H31ClN4O2. The molecule has 2 aliphatic heterocycles. The fraction of sp³-hybridized carbons (Fsp3) is 0.615. The van der Waals surface area contributed by atoms with Crippen LogP contribution in [0.5, 0.6) is 0 Å². The van der Waals surface area contributed by atoms with Crippen LogP contribution in [0.3, 0.4) is 0 Å². The molecule has 2 heterocycles. The van der Waals surface area contributed by atoms with Crippen molar-refractivity contribution in [3.05, 3.63) is 34.9 Å². The van der Waals surface area contributed by atoms with Crippen LogP contribution in [0.4, 0.5) is 0 Å². The number of fused-ring (bicyclic) bond motifs is 2. The van der Waals surface area contributed by atoms with Crippen LogP contribution in [0.15, 0.2) is 24.3 Å². The lowest BCUT2D eigenvalue weighted by Gasteiger charge is -2.48. The van der Waals surface area contributed by atoms with E-state index in [1.165, 1.54) is 25.7 Å². The van der Waals surface area contributed by atoms with E-state index in [1.807, 2.05) is 0 Å². The third-order valence-corrected chi connectivity index (χ3v) is 7.60. The third kappa shape index (κ3) is 3.89. The van der Waals surface area contributed by atoms with E-state index in [9.17, 15) is 15.8 Å². The Bertz CT molecular complexity index is 976. The number of halogens is 1. The number of hydrogen-bond donors (Lipinski definition) is 1. The maximum atomic E-state index is 10.3. The zero-order chi connectivity index (χ0) is 24.1. The van der Waals surface area contributed by atoms with E-state index in [2.05, 4.69) is 25.1 Å². The lowest BCUT2D eigenvalue weighted by molar-refractivity contribution is -0.286. The molecule has 2 fully saturated rings. The molecule has 0 amide bonds. The van der Waals surface area contributed by atoms with E-state index in [0.29, 0.717) is 17.0 Å². The van der Waals surface area contributed by atoms with Gasteiger partial charge in [0.2, 0.25) is 11.7 Å². The van der Waals surface area contributed by atoms with Crippen molar-refractivity contribution in [3.63, 3.8) is 0 Å². The van der Waals surface area contributed by atoms with Crippen molar-refractivity contribution in [2.24, 2.45) is 16.7 Å². The Morgan fingerprint density at radius 2 is 1.52 bits per heavy atom. The van der Waals surface area contributed by atoms with Gasteiger partial charge in [-0.15, -0.1) is 0 Å². The van der Waals surface area contributed by atoms with Gasteiger partial charge in [-0.2, -0.15) is 15.8 Å². The highest BCUT2D eigenvalue weighted by atomic mass is 35.5. The molecular weight excluding hydrogens is 436 g/mol. The van der Waals surface area contributed by atoms with Gasteiger partial charge in [-0.25, -0.2) is 0 Å². The van der Waals surface area contributed by atoms with Gasteiger partial charge < -0.3 is 9.47 Å². The first-order chi connectivity index (χ1) is 15.9. The molecule has 4 atom stereocenters. The molecule has 2 bridgehead atoms. The first-order valence-electron chi connectivity index (χ1n) is 11.8. The number of rotatable bonds is 10. The second-order valence-electron chi connectivity index (χ2n) is 9.15. The molecule has 1 aromatic rings. The molecule has 0 spiro atoms. The quantitative estimate of drug-likeness (QED) is 0.389. The Hall–Kier alpha value is -2.59. The summed E-state index contributed by atoms with van der Waals surface area (Å²) in [6, 6.07) is 13.3. The number of hydrogen-bond acceptors (Lipinski definition) is 6. The second-order valence-corrected chi connectivity index (χ2v) is 9.59. The largest absolute Gasteiger partial charge is 0.443 e. The Labute approximate surface area is 201 Å². The number of nitriles is 3. The molecule has 0 saturated carbocycles. The molecule has 3 rings (SSSR count). The van der Waals surface area contributed by atoms with E-state index < -0.39 is 28.6 Å². The number of unbranched alkanes of at least 4 members (excludes halogenated alkanes) is 7. The van der Waals surface area contributed by atoms with Crippen LogP contribution in [0.25, 0.3) is 0 Å². The monoisotopic (exact) mass is 466 g/mol. The van der Waals surface area contributed by atoms with Gasteiger partial charge in [0.1, 0.15) is 0 Å². The van der Waals surface area contributed by atoms with Gasteiger partial charge in [0.15, 0.2) is 10.8 Å². The van der Waals surface area contributed by atoms with Crippen molar-refractivity contribution in [3.8, 4) is 18.2 Å². The molecule has 6 nitrogen and oxygen atoms in total. The van der Waals surface area contributed by atoms with Crippen LogP contribution >= 0.6 is 11.6 Å². The second kappa shape index (κ2) is 10.1. The molecule has 0 aromatic heterocycles. The first kappa shape index (κ1) is 25.0. The van der Waals surface area contributed by atoms with Gasteiger partial charge in [-0.05, 0) is 18.6 Å². The molecule has 33 heavy (non-hydrogen) atoms. The molecule has 1 aromatic carbocycles. The number of nitrogens with zero attached hydrogens (tertiary/aromatic N) is 3. The summed E-state index contributed by atoms with van der Waals surface area (Å²) < 4.78 is 12.4. The molecule has 2 aliphatic rings. The maximum absolute atomic E-state index is 10.3. The molecule has 0 aliphatic carbocycles. The summed E-state index contributed by atoms with van der Waals surface area (Å²) in [5, 5.41) is 39.8. The fourth-order valence-electron chi connectivity index (χ4n) is 5.38. The molecule has 4 unspecified atom stereocenters. The van der Waals surface area contributed by atoms with Gasteiger partial charge in [-0.3, -0.25) is 5.41 Å². The Kier molecular flexibility index (Phi) is 7.69. The van der Waals surface area contributed by atoms with Crippen molar-refractivity contribution < 1.29 is 9.47 Å². The minimum atomic E-state index is -1.83. The van der Waals surface area contributed by atoms with Crippen molar-refractivity contribution in [1.82, 2.24) is 0 Å². The van der Waals surface area contributed by atoms with E-state index in [1.54, 1.807) is 31.2 Å². The highest BCUT2D eigenvalue weighted by Crippen LogP contribution is 2.66. The van der Waals surface area contributed by atoms with E-state index in [0.717, 1.165) is 25.7 Å². The summed E-state index contributed by atoms with van der Waals surface area (Å²) in [6.07, 6.45) is 8.49. The summed E-state index contributed by atoms with van der Waals surface area (Å²) in [5.74, 6) is -2.54. The average molecular weight is 467 g/mol. The predicted octanol–water partition coefficient (Wildman–Crippen LogP) is 6.61. The van der Waals surface area contributed by atoms with Crippen molar-refractivity contribution >= 4 is 17.5 Å². The number of nitrogens with one attached hydrogen (secondary N) is 1. The summed E-state index contributed by atoms with van der Waals surface area (Å²) in [6.45, 7) is 3.92. The number of ether oxygens (including phenoxy) is 2. The van der Waals surface area contributed by atoms with Crippen LogP contribution in [0.2, 0.25) is 5.02 Å². The SMILES string of the molecule is CCCCCCCCCCC1OC2(c3ccc(Cl)cc3)OC(=N)C(C#N)(C2C)C1(C#N)C#N. The van der Waals surface area contributed by atoms with Crippen LogP contribution < -0.4 is 0 Å². The normalized spacial score (nSPS) is 29.5. The smallest absolute Gasteiger partial charge is 0.243 e. The molecule has 1 N–H and O–H groups in total. The van der Waals surface area contributed by atoms with Crippen LogP contribution in [0.1, 0.15) is 77.2 Å². The minimum Gasteiger partial charge on any atom is -0.443 e. The fourth-order valence-corrected chi connectivity index (χ4v) is 5.51. The lowest BCUT2D eigenvalue weighted by Crippen LogP contribution is -2.60. The van der Waals surface area contributed by atoms with E-state index in [4.69, 9.17) is 26.5 Å². The third-order valence-electron chi connectivity index (χ3n) is 7.35. The predicted molar refractivity (Wildman–Crippen MR) is 125 cm³/mol. The summed E-state index contributed by atoms with van der Waals surface area (Å²) in [4.78, 5) is 0. The minimum absolute atomic E-state index is 0.381. The van der Waals surface area contributed by atoms with Crippen molar-refractivity contribution in [2.75, 3.05) is 0 Å². The molecule has 2 saturated heterocycles. The van der Waals surface area contributed by atoms with Crippen LogP contribution in [-0.2, 0) is 15.3 Å². The zero-order valence-corrected chi connectivity index (χ0v) is 20.1. The Morgan fingerprint density at radius 3 is 2.06 bits per heavy atom. The van der Waals surface area contributed by atoms with Gasteiger partial charge in [0, 0.05) is 10.6 Å². The number of benzene rings is 1. The Balaban J connectivity index is 1.89. The molecule has 174 valence electrons. The summed E-state index contributed by atoms with van der Waals surface area (Å²) >= 11 is 6.06. The Morgan fingerprint density at radius 1 is 0.939 bits per heavy atom. The molecule has 0 radical (unpaired) electrons. The van der Waals surface area contributed by atoms with Crippen molar-refractivity contribution in [2.45, 2.75) is 83.5 Å². The van der Waals surface area contributed by atoms with Gasteiger partial charge >= 0.3 is 0 Å². The first-order valence-corrected chi connectivity index (χ1v) is 12.2. The van der Waals surface area contributed by atoms with Crippen LogP contribution in [0, 0.1) is 56.2 Å². The van der Waals surface area contributed by atoms with E-state index >= 15 is 0 Å². The summed E-state index contributed by atoms with van der Waals surface area (Å²) in [5.41, 5.74) is -2.93. The topological polar surface area (TPSA) is 114 Å². The van der Waals surface area contributed by atoms with Gasteiger partial charge in [0.05, 0.1) is 30.2 Å². The van der Waals surface area contributed by atoms with Crippen LogP contribution in [-0.4, -0.2) is 12.0 Å².